The number of imide groups is 1. The van der Waals surface area contributed by atoms with Crippen molar-refractivity contribution < 1.29 is 27.5 Å². The maximum atomic E-state index is 13.8. The third kappa shape index (κ3) is 4.61. The summed E-state index contributed by atoms with van der Waals surface area (Å²) in [6.07, 6.45) is 5.50. The summed E-state index contributed by atoms with van der Waals surface area (Å²) < 4.78 is 35.9. The molecule has 12 nitrogen and oxygen atoms in total. The number of nitrogens with zero attached hydrogens (tertiary/aromatic N) is 5. The van der Waals surface area contributed by atoms with Gasteiger partial charge in [0.1, 0.15) is 33.1 Å². The van der Waals surface area contributed by atoms with Gasteiger partial charge >= 0.3 is 6.03 Å². The number of hydrogen-bond donors (Lipinski definition) is 2. The first-order chi connectivity index (χ1) is 18.6. The highest BCUT2D eigenvalue weighted by atomic mass is 32.3. The zero-order chi connectivity index (χ0) is 27.5. The van der Waals surface area contributed by atoms with Crippen LogP contribution in [0.3, 0.4) is 0 Å². The second-order valence-electron chi connectivity index (χ2n) is 9.92. The van der Waals surface area contributed by atoms with E-state index in [0.29, 0.717) is 29.7 Å². The zero-order valence-corrected chi connectivity index (χ0v) is 22.4. The molecule has 2 atom stereocenters. The molecule has 1 aromatic carbocycles. The number of thioether (sulfide) groups is 1. The largest absolute Gasteiger partial charge is 0.459 e. The smallest absolute Gasteiger partial charge is 0.328 e. The van der Waals surface area contributed by atoms with Crippen LogP contribution >= 0.6 is 11.8 Å². The highest BCUT2D eigenvalue weighted by molar-refractivity contribution is 8.18. The Balaban J connectivity index is 1.33. The Morgan fingerprint density at radius 3 is 2.72 bits per heavy atom. The van der Waals surface area contributed by atoms with Gasteiger partial charge in [0.2, 0.25) is 15.9 Å². The van der Waals surface area contributed by atoms with Crippen molar-refractivity contribution in [1.82, 2.24) is 24.3 Å². The van der Waals surface area contributed by atoms with E-state index in [9.17, 15) is 28.4 Å². The molecule has 2 fully saturated rings. The molecule has 3 aromatic rings. The molecule has 6 rings (SSSR count). The fourth-order valence-corrected chi connectivity index (χ4v) is 8.05. The predicted octanol–water partition coefficient (Wildman–Crippen LogP) is 2.13. The van der Waals surface area contributed by atoms with Gasteiger partial charge in [0.15, 0.2) is 0 Å². The molecule has 2 unspecified atom stereocenters. The standard InChI is InChI=1S/C25H24N6O6S2/c1-29-10-16(9-27-29)12-30-22(33)19-8-21(39(35,36)28-25(14-26)4-5-25)38-23(19)31(24(30)34)11-15-2-3-20-17(6-15)7-18(13-32)37-20/h2-3,6-10,19,23,28,32H,4-5,11-13H2,1H3. The number of aliphatic hydroxyl groups is 1. The van der Waals surface area contributed by atoms with Gasteiger partial charge in [-0.25, -0.2) is 13.2 Å². The van der Waals surface area contributed by atoms with Crippen LogP contribution in [0.25, 0.3) is 11.0 Å². The second kappa shape index (κ2) is 9.23. The molecule has 3 amide bonds. The highest BCUT2D eigenvalue weighted by Crippen LogP contribution is 2.46. The summed E-state index contributed by atoms with van der Waals surface area (Å²) in [6, 6.07) is 8.54. The first kappa shape index (κ1) is 25.6. The molecule has 1 aliphatic carbocycles. The average Bonchev–Trinajstić information content (AvgIpc) is 3.25. The monoisotopic (exact) mass is 568 g/mol. The van der Waals surface area contributed by atoms with Gasteiger partial charge in [-0.15, -0.1) is 0 Å². The summed E-state index contributed by atoms with van der Waals surface area (Å²) in [7, 11) is -2.34. The van der Waals surface area contributed by atoms with E-state index >= 15 is 0 Å². The van der Waals surface area contributed by atoms with Crippen molar-refractivity contribution in [1.29, 1.82) is 5.26 Å². The number of carbonyl (C=O) groups is 2. The number of carbonyl (C=O) groups excluding carboxylic acids is 2. The number of nitriles is 1. The van der Waals surface area contributed by atoms with Crippen molar-refractivity contribution in [3.05, 3.63) is 63.9 Å². The SMILES string of the molecule is Cn1cc(CN2C(=O)C3C=C(S(=O)(=O)NC4(C#N)CC4)SC3N(Cc3ccc4oc(CO)cc4c3)C2=O)cn1. The number of urea groups is 1. The molecule has 3 aliphatic rings. The number of furan rings is 1. The van der Waals surface area contributed by atoms with Crippen molar-refractivity contribution in [3.8, 4) is 6.07 Å². The molecule has 4 heterocycles. The van der Waals surface area contributed by atoms with Crippen LogP contribution < -0.4 is 4.72 Å². The molecular weight excluding hydrogens is 544 g/mol. The van der Waals surface area contributed by atoms with Gasteiger partial charge in [-0.1, -0.05) is 17.8 Å². The van der Waals surface area contributed by atoms with E-state index < -0.39 is 38.8 Å². The minimum atomic E-state index is -4.07. The molecule has 39 heavy (non-hydrogen) atoms. The van der Waals surface area contributed by atoms with E-state index in [-0.39, 0.29) is 23.9 Å². The Labute approximate surface area is 227 Å². The lowest BCUT2D eigenvalue weighted by Gasteiger charge is -2.41. The lowest BCUT2D eigenvalue weighted by molar-refractivity contribution is -0.135. The zero-order valence-electron chi connectivity index (χ0n) is 20.8. The molecule has 1 saturated heterocycles. The van der Waals surface area contributed by atoms with E-state index in [4.69, 9.17) is 4.42 Å². The Hall–Kier alpha value is -3.64. The summed E-state index contributed by atoms with van der Waals surface area (Å²) in [5.41, 5.74) is 0.865. The molecule has 2 aromatic heterocycles. The van der Waals surface area contributed by atoms with Gasteiger partial charge < -0.3 is 14.4 Å². The highest BCUT2D eigenvalue weighted by Gasteiger charge is 2.53. The van der Waals surface area contributed by atoms with Crippen molar-refractivity contribution in [2.24, 2.45) is 13.0 Å². The Morgan fingerprint density at radius 2 is 2.05 bits per heavy atom. The fourth-order valence-electron chi connectivity index (χ4n) is 4.83. The van der Waals surface area contributed by atoms with E-state index in [2.05, 4.69) is 9.82 Å². The lowest BCUT2D eigenvalue weighted by Crippen LogP contribution is -2.58. The van der Waals surface area contributed by atoms with Crippen LogP contribution in [-0.4, -0.2) is 56.0 Å². The topological polar surface area (TPSA) is 162 Å². The maximum absolute atomic E-state index is 13.8. The first-order valence-electron chi connectivity index (χ1n) is 12.2. The summed E-state index contributed by atoms with van der Waals surface area (Å²) in [6.45, 7) is -0.150. The van der Waals surface area contributed by atoms with Crippen LogP contribution in [0.4, 0.5) is 4.79 Å². The number of rotatable bonds is 8. The molecule has 202 valence electrons. The number of nitrogens with one attached hydrogen (secondary N) is 1. The number of sulfonamides is 1. The number of aryl methyl sites for hydroxylation is 1. The molecule has 0 bridgehead atoms. The second-order valence-corrected chi connectivity index (χ2v) is 13.0. The summed E-state index contributed by atoms with van der Waals surface area (Å²) >= 11 is 0.930. The van der Waals surface area contributed by atoms with Crippen LogP contribution in [0.15, 0.2) is 51.4 Å². The number of benzene rings is 1. The summed E-state index contributed by atoms with van der Waals surface area (Å²) in [5.74, 6) is -0.984. The van der Waals surface area contributed by atoms with Crippen LogP contribution in [0.5, 0.6) is 0 Å². The summed E-state index contributed by atoms with van der Waals surface area (Å²) in [4.78, 5) is 29.9. The number of aliphatic hydroxyl groups excluding tert-OH is 1. The lowest BCUT2D eigenvalue weighted by atomic mass is 10.0. The van der Waals surface area contributed by atoms with Crippen molar-refractivity contribution in [2.45, 2.75) is 43.5 Å². The number of fused-ring (bicyclic) bond motifs is 2. The average molecular weight is 569 g/mol. The minimum absolute atomic E-state index is 0.0117. The van der Waals surface area contributed by atoms with E-state index in [1.54, 1.807) is 42.3 Å². The first-order valence-corrected chi connectivity index (χ1v) is 14.5. The number of hydrogen-bond acceptors (Lipinski definition) is 9. The van der Waals surface area contributed by atoms with E-state index in [1.807, 2.05) is 12.1 Å². The van der Waals surface area contributed by atoms with Gasteiger partial charge in [-0.3, -0.25) is 14.4 Å². The molecule has 14 heteroatoms. The maximum Gasteiger partial charge on any atom is 0.328 e. The van der Waals surface area contributed by atoms with Crippen molar-refractivity contribution in [3.63, 3.8) is 0 Å². The number of amides is 3. The third-order valence-electron chi connectivity index (χ3n) is 6.99. The van der Waals surface area contributed by atoms with E-state index in [1.165, 1.54) is 11.0 Å². The minimum Gasteiger partial charge on any atom is -0.459 e. The van der Waals surface area contributed by atoms with Crippen LogP contribution in [-0.2, 0) is 41.6 Å². The molecule has 1 saturated carbocycles. The third-order valence-corrected chi connectivity index (χ3v) is 10.4. The predicted molar refractivity (Wildman–Crippen MR) is 139 cm³/mol. The number of aromatic nitrogens is 2. The quantitative estimate of drug-likeness (QED) is 0.415. The van der Waals surface area contributed by atoms with Gasteiger partial charge in [0.05, 0.1) is 24.7 Å². The molecular formula is C25H24N6O6S2. The van der Waals surface area contributed by atoms with Gasteiger partial charge in [0.25, 0.3) is 0 Å². The normalized spacial score (nSPS) is 22.2. The molecule has 0 spiro atoms. The van der Waals surface area contributed by atoms with Crippen molar-refractivity contribution >= 4 is 44.7 Å². The molecule has 2 N–H and O–H groups in total. The van der Waals surface area contributed by atoms with Gasteiger partial charge in [-0.2, -0.15) is 15.1 Å². The van der Waals surface area contributed by atoms with Gasteiger partial charge in [0, 0.05) is 30.7 Å². The summed E-state index contributed by atoms with van der Waals surface area (Å²) in [5, 5.41) is 22.8. The van der Waals surface area contributed by atoms with Gasteiger partial charge in [-0.05, 0) is 42.7 Å². The fraction of sp³-hybridized carbons (Fsp3) is 0.360. The van der Waals surface area contributed by atoms with Crippen molar-refractivity contribution in [2.75, 3.05) is 0 Å². The molecule has 0 radical (unpaired) electrons. The van der Waals surface area contributed by atoms with E-state index in [0.717, 1.165) is 27.6 Å². The Bertz CT molecular complexity index is 1680. The Morgan fingerprint density at radius 1 is 1.26 bits per heavy atom. The Kier molecular flexibility index (Phi) is 6.07. The van der Waals surface area contributed by atoms with Crippen LogP contribution in [0.1, 0.15) is 29.7 Å². The van der Waals surface area contributed by atoms with Crippen LogP contribution in [0.2, 0.25) is 0 Å². The molecule has 2 aliphatic heterocycles. The van der Waals surface area contributed by atoms with Crippen LogP contribution in [0, 0.1) is 17.2 Å².